The molecule has 1 aromatic heterocycles. The maximum Gasteiger partial charge on any atom is 0.151 e. The van der Waals surface area contributed by atoms with Crippen LogP contribution in [0.4, 0.5) is 4.39 Å². The largest absolute Gasteiger partial charge is 0.323 e. The molecule has 1 aliphatic carbocycles. The van der Waals surface area contributed by atoms with Crippen molar-refractivity contribution >= 4 is 22.6 Å². The first-order valence-corrected chi connectivity index (χ1v) is 7.92. The van der Waals surface area contributed by atoms with E-state index in [-0.39, 0.29) is 5.82 Å². The van der Waals surface area contributed by atoms with E-state index >= 15 is 0 Å². The Hall–Kier alpha value is -1.09. The van der Waals surface area contributed by atoms with Crippen LogP contribution in [0.1, 0.15) is 45.0 Å². The molecule has 0 aliphatic heterocycles. The molecule has 4 heteroatoms. The molecule has 1 aliphatic rings. The number of rotatable bonds is 3. The fraction of sp³-hybridized carbons (Fsp3) is 0.562. The molecule has 1 heterocycles. The molecule has 1 aromatic carbocycles. The normalized spacial score (nSPS) is 26.5. The van der Waals surface area contributed by atoms with E-state index in [4.69, 9.17) is 11.6 Å². The molecule has 0 spiro atoms. The van der Waals surface area contributed by atoms with E-state index in [1.807, 2.05) is 6.07 Å². The van der Waals surface area contributed by atoms with Crippen molar-refractivity contribution in [3.63, 3.8) is 0 Å². The predicted octanol–water partition coefficient (Wildman–Crippen LogP) is 4.91. The number of aromatic nitrogens is 2. The topological polar surface area (TPSA) is 17.8 Å². The average Bonchev–Trinajstić information content (AvgIpc) is 2.99. The Balaban J connectivity index is 2.13. The summed E-state index contributed by atoms with van der Waals surface area (Å²) in [5, 5.41) is 0. The van der Waals surface area contributed by atoms with Crippen LogP contribution in [0, 0.1) is 17.7 Å². The summed E-state index contributed by atoms with van der Waals surface area (Å²) >= 11 is 6.05. The third-order valence-corrected chi connectivity index (χ3v) is 5.14. The third kappa shape index (κ3) is 2.03. The summed E-state index contributed by atoms with van der Waals surface area (Å²) in [5.74, 6) is 2.19. The zero-order chi connectivity index (χ0) is 14.3. The van der Waals surface area contributed by atoms with Crippen LogP contribution in [0.3, 0.4) is 0 Å². The Kier molecular flexibility index (Phi) is 3.72. The fourth-order valence-electron chi connectivity index (χ4n) is 3.76. The maximum absolute atomic E-state index is 13.9. The lowest BCUT2D eigenvalue weighted by Gasteiger charge is -2.23. The number of fused-ring (bicyclic) bond motifs is 1. The van der Waals surface area contributed by atoms with Gasteiger partial charge in [0.1, 0.15) is 11.3 Å². The van der Waals surface area contributed by atoms with Crippen molar-refractivity contribution in [3.05, 3.63) is 29.8 Å². The summed E-state index contributed by atoms with van der Waals surface area (Å²) in [6.07, 6.45) is 3.57. The number of nitrogens with zero attached hydrogens (tertiary/aromatic N) is 2. The van der Waals surface area contributed by atoms with Gasteiger partial charge in [0.05, 0.1) is 11.4 Å². The van der Waals surface area contributed by atoms with E-state index < -0.39 is 0 Å². The molecule has 108 valence electrons. The molecular formula is C16H20ClFN2. The van der Waals surface area contributed by atoms with Gasteiger partial charge in [0.25, 0.3) is 0 Å². The van der Waals surface area contributed by atoms with E-state index in [0.29, 0.717) is 23.4 Å². The molecule has 1 fully saturated rings. The molecule has 0 amide bonds. The van der Waals surface area contributed by atoms with E-state index in [2.05, 4.69) is 23.4 Å². The first-order chi connectivity index (χ1) is 9.67. The highest BCUT2D eigenvalue weighted by molar-refractivity contribution is 6.16. The second-order valence-electron chi connectivity index (χ2n) is 5.81. The molecular weight excluding hydrogens is 275 g/mol. The second-order valence-corrected chi connectivity index (χ2v) is 6.08. The summed E-state index contributed by atoms with van der Waals surface area (Å²) in [7, 11) is 0. The maximum atomic E-state index is 13.9. The quantitative estimate of drug-likeness (QED) is 0.735. The molecule has 2 aromatic rings. The average molecular weight is 295 g/mol. The van der Waals surface area contributed by atoms with E-state index in [9.17, 15) is 4.39 Å². The summed E-state index contributed by atoms with van der Waals surface area (Å²) in [6, 6.07) is 5.56. The van der Waals surface area contributed by atoms with Crippen molar-refractivity contribution in [1.82, 2.24) is 9.55 Å². The Labute approximate surface area is 123 Å². The van der Waals surface area contributed by atoms with Gasteiger partial charge >= 0.3 is 0 Å². The molecule has 0 bridgehead atoms. The monoisotopic (exact) mass is 294 g/mol. The van der Waals surface area contributed by atoms with Crippen molar-refractivity contribution in [1.29, 1.82) is 0 Å². The van der Waals surface area contributed by atoms with E-state index in [1.54, 1.807) is 6.07 Å². The number of halogens is 2. The minimum absolute atomic E-state index is 0.259. The number of alkyl halides is 1. The highest BCUT2D eigenvalue weighted by atomic mass is 35.5. The predicted molar refractivity (Wildman–Crippen MR) is 80.5 cm³/mol. The number of hydrogen-bond acceptors (Lipinski definition) is 1. The van der Waals surface area contributed by atoms with Crippen LogP contribution in [0.15, 0.2) is 18.2 Å². The van der Waals surface area contributed by atoms with Crippen LogP contribution in [-0.2, 0) is 5.88 Å². The van der Waals surface area contributed by atoms with Crippen molar-refractivity contribution in [2.24, 2.45) is 11.8 Å². The lowest BCUT2D eigenvalue weighted by Crippen LogP contribution is -2.17. The minimum Gasteiger partial charge on any atom is -0.323 e. The first-order valence-electron chi connectivity index (χ1n) is 7.38. The SMILES string of the molecule is CCC1CCC(n2c(CCl)nc3c(F)cccc32)C1C. The second kappa shape index (κ2) is 5.36. The lowest BCUT2D eigenvalue weighted by molar-refractivity contribution is 0.330. The fourth-order valence-corrected chi connectivity index (χ4v) is 3.95. The van der Waals surface area contributed by atoms with Crippen LogP contribution < -0.4 is 0 Å². The number of imidazole rings is 1. The minimum atomic E-state index is -0.259. The third-order valence-electron chi connectivity index (χ3n) is 4.90. The molecule has 3 atom stereocenters. The van der Waals surface area contributed by atoms with Gasteiger partial charge < -0.3 is 4.57 Å². The highest BCUT2D eigenvalue weighted by Crippen LogP contribution is 2.43. The summed E-state index contributed by atoms with van der Waals surface area (Å²) < 4.78 is 16.1. The van der Waals surface area contributed by atoms with Gasteiger partial charge in [0, 0.05) is 6.04 Å². The summed E-state index contributed by atoms with van der Waals surface area (Å²) in [4.78, 5) is 4.42. The first kappa shape index (κ1) is 13.9. The van der Waals surface area contributed by atoms with Gasteiger partial charge in [-0.25, -0.2) is 9.37 Å². The van der Waals surface area contributed by atoms with Crippen LogP contribution in [0.2, 0.25) is 0 Å². The van der Waals surface area contributed by atoms with Gasteiger partial charge in [0.2, 0.25) is 0 Å². The van der Waals surface area contributed by atoms with Gasteiger partial charge in [-0.05, 0) is 36.8 Å². The number of benzene rings is 1. The Morgan fingerprint density at radius 1 is 1.40 bits per heavy atom. The van der Waals surface area contributed by atoms with Crippen molar-refractivity contribution < 1.29 is 4.39 Å². The van der Waals surface area contributed by atoms with Gasteiger partial charge in [-0.1, -0.05) is 26.3 Å². The number of para-hydroxylation sites is 1. The summed E-state index contributed by atoms with van der Waals surface area (Å²) in [6.45, 7) is 4.55. The van der Waals surface area contributed by atoms with Crippen molar-refractivity contribution in [2.75, 3.05) is 0 Å². The van der Waals surface area contributed by atoms with Gasteiger partial charge in [-0.2, -0.15) is 0 Å². The van der Waals surface area contributed by atoms with Crippen LogP contribution >= 0.6 is 11.6 Å². The van der Waals surface area contributed by atoms with Crippen molar-refractivity contribution in [3.8, 4) is 0 Å². The van der Waals surface area contributed by atoms with Gasteiger partial charge in [-0.15, -0.1) is 11.6 Å². The van der Waals surface area contributed by atoms with E-state index in [1.165, 1.54) is 18.9 Å². The standard InChI is InChI=1S/C16H20ClFN2/c1-3-11-7-8-13(10(11)2)20-14-6-4-5-12(18)16(14)19-15(20)9-17/h4-6,10-11,13H,3,7-9H2,1-2H3. The molecule has 0 N–H and O–H groups in total. The Morgan fingerprint density at radius 2 is 2.20 bits per heavy atom. The molecule has 3 unspecified atom stereocenters. The zero-order valence-electron chi connectivity index (χ0n) is 11.9. The molecule has 20 heavy (non-hydrogen) atoms. The molecule has 1 saturated carbocycles. The summed E-state index contributed by atoms with van der Waals surface area (Å²) in [5.41, 5.74) is 1.34. The number of hydrogen-bond donors (Lipinski definition) is 0. The van der Waals surface area contributed by atoms with E-state index in [0.717, 1.165) is 23.7 Å². The van der Waals surface area contributed by atoms with Crippen LogP contribution in [-0.4, -0.2) is 9.55 Å². The van der Waals surface area contributed by atoms with Crippen LogP contribution in [0.5, 0.6) is 0 Å². The van der Waals surface area contributed by atoms with Crippen molar-refractivity contribution in [2.45, 2.75) is 45.0 Å². The highest BCUT2D eigenvalue weighted by Gasteiger charge is 2.34. The van der Waals surface area contributed by atoms with Gasteiger partial charge in [0.15, 0.2) is 5.82 Å². The molecule has 0 saturated heterocycles. The van der Waals surface area contributed by atoms with Crippen LogP contribution in [0.25, 0.3) is 11.0 Å². The molecule has 3 rings (SSSR count). The molecule has 2 nitrogen and oxygen atoms in total. The smallest absolute Gasteiger partial charge is 0.151 e. The Morgan fingerprint density at radius 3 is 2.85 bits per heavy atom. The van der Waals surface area contributed by atoms with Gasteiger partial charge in [-0.3, -0.25) is 0 Å². The zero-order valence-corrected chi connectivity index (χ0v) is 12.7. The molecule has 0 radical (unpaired) electrons. The Bertz CT molecular complexity index is 622. The lowest BCUT2D eigenvalue weighted by atomic mass is 9.93.